The zero-order valence-corrected chi connectivity index (χ0v) is 15.9. The molecule has 27 heavy (non-hydrogen) atoms. The summed E-state index contributed by atoms with van der Waals surface area (Å²) in [6.45, 7) is 0. The SMILES string of the molecule is COc1ccccc1C(=O)N(C)c1ccccc1C(=O)NC1CCCCC1. The summed E-state index contributed by atoms with van der Waals surface area (Å²) in [5.74, 6) is 0.168. The molecule has 2 aromatic carbocycles. The second kappa shape index (κ2) is 8.71. The van der Waals surface area contributed by atoms with E-state index in [0.29, 0.717) is 22.6 Å². The molecule has 0 bridgehead atoms. The Balaban J connectivity index is 1.84. The molecule has 0 heterocycles. The molecule has 0 radical (unpaired) electrons. The fourth-order valence-corrected chi connectivity index (χ4v) is 3.58. The number of carbonyl (C=O) groups excluding carboxylic acids is 2. The summed E-state index contributed by atoms with van der Waals surface area (Å²) in [4.78, 5) is 27.4. The number of hydrogen-bond acceptors (Lipinski definition) is 3. The first-order valence-corrected chi connectivity index (χ1v) is 9.42. The molecule has 142 valence electrons. The number of methoxy groups -OCH3 is 1. The van der Waals surface area contributed by atoms with E-state index in [1.165, 1.54) is 18.4 Å². The Bertz CT molecular complexity index is 813. The van der Waals surface area contributed by atoms with Gasteiger partial charge < -0.3 is 15.0 Å². The molecule has 0 unspecified atom stereocenters. The van der Waals surface area contributed by atoms with E-state index >= 15 is 0 Å². The summed E-state index contributed by atoms with van der Waals surface area (Å²) in [6, 6.07) is 14.5. The third-order valence-corrected chi connectivity index (χ3v) is 5.09. The molecule has 0 aliphatic heterocycles. The van der Waals surface area contributed by atoms with E-state index in [1.54, 1.807) is 37.4 Å². The molecule has 1 N–H and O–H groups in total. The van der Waals surface area contributed by atoms with Gasteiger partial charge >= 0.3 is 0 Å². The van der Waals surface area contributed by atoms with E-state index in [4.69, 9.17) is 4.74 Å². The van der Waals surface area contributed by atoms with Crippen molar-refractivity contribution in [1.29, 1.82) is 0 Å². The lowest BCUT2D eigenvalue weighted by Crippen LogP contribution is -2.37. The molecule has 1 fully saturated rings. The van der Waals surface area contributed by atoms with Crippen LogP contribution in [0.25, 0.3) is 0 Å². The van der Waals surface area contributed by atoms with Crippen LogP contribution < -0.4 is 15.0 Å². The molecule has 0 spiro atoms. The van der Waals surface area contributed by atoms with Crippen LogP contribution in [0, 0.1) is 0 Å². The van der Waals surface area contributed by atoms with Gasteiger partial charge in [-0.2, -0.15) is 0 Å². The van der Waals surface area contributed by atoms with Gasteiger partial charge in [0.2, 0.25) is 0 Å². The van der Waals surface area contributed by atoms with E-state index in [-0.39, 0.29) is 17.9 Å². The lowest BCUT2D eigenvalue weighted by molar-refractivity contribution is 0.0928. The summed E-state index contributed by atoms with van der Waals surface area (Å²) >= 11 is 0. The predicted molar refractivity (Wildman–Crippen MR) is 107 cm³/mol. The smallest absolute Gasteiger partial charge is 0.261 e. The number of nitrogens with one attached hydrogen (secondary N) is 1. The average Bonchev–Trinajstić information content (AvgIpc) is 2.73. The Morgan fingerprint density at radius 1 is 0.963 bits per heavy atom. The van der Waals surface area contributed by atoms with Crippen LogP contribution in [0.1, 0.15) is 52.8 Å². The maximum atomic E-state index is 13.0. The quantitative estimate of drug-likeness (QED) is 0.869. The Hall–Kier alpha value is -2.82. The largest absolute Gasteiger partial charge is 0.496 e. The lowest BCUT2D eigenvalue weighted by Gasteiger charge is -2.25. The first-order chi connectivity index (χ1) is 13.1. The van der Waals surface area contributed by atoms with E-state index in [0.717, 1.165) is 25.7 Å². The monoisotopic (exact) mass is 366 g/mol. The van der Waals surface area contributed by atoms with Gasteiger partial charge in [0.25, 0.3) is 11.8 Å². The standard InChI is InChI=1S/C22H26N2O3/c1-24(22(26)18-13-7-9-15-20(18)27-2)19-14-8-6-12-17(19)21(25)23-16-10-4-3-5-11-16/h6-9,12-16H,3-5,10-11H2,1-2H3,(H,23,25). The highest BCUT2D eigenvalue weighted by Crippen LogP contribution is 2.25. The molecule has 5 nitrogen and oxygen atoms in total. The Kier molecular flexibility index (Phi) is 6.12. The van der Waals surface area contributed by atoms with Crippen LogP contribution >= 0.6 is 0 Å². The van der Waals surface area contributed by atoms with Gasteiger partial charge in [-0.1, -0.05) is 43.5 Å². The molecule has 3 rings (SSSR count). The van der Waals surface area contributed by atoms with E-state index < -0.39 is 0 Å². The van der Waals surface area contributed by atoms with Crippen molar-refractivity contribution in [2.45, 2.75) is 38.1 Å². The van der Waals surface area contributed by atoms with Crippen molar-refractivity contribution in [2.75, 3.05) is 19.1 Å². The van der Waals surface area contributed by atoms with Crippen LogP contribution in [0.3, 0.4) is 0 Å². The van der Waals surface area contributed by atoms with Crippen LogP contribution in [0.5, 0.6) is 5.75 Å². The first kappa shape index (κ1) is 19.0. The van der Waals surface area contributed by atoms with Crippen LogP contribution in [0.4, 0.5) is 5.69 Å². The van der Waals surface area contributed by atoms with Crippen molar-refractivity contribution in [3.8, 4) is 5.75 Å². The molecule has 2 aromatic rings. The number of nitrogens with zero attached hydrogens (tertiary/aromatic N) is 1. The highest BCUT2D eigenvalue weighted by atomic mass is 16.5. The number of anilines is 1. The number of ether oxygens (including phenoxy) is 1. The van der Waals surface area contributed by atoms with Crippen molar-refractivity contribution in [3.05, 3.63) is 59.7 Å². The molecule has 2 amide bonds. The third-order valence-electron chi connectivity index (χ3n) is 5.09. The summed E-state index contributed by atoms with van der Waals surface area (Å²) in [5.41, 5.74) is 1.56. The minimum Gasteiger partial charge on any atom is -0.496 e. The van der Waals surface area contributed by atoms with Crippen molar-refractivity contribution < 1.29 is 14.3 Å². The maximum absolute atomic E-state index is 13.0. The highest BCUT2D eigenvalue weighted by Gasteiger charge is 2.23. The number of para-hydroxylation sites is 2. The lowest BCUT2D eigenvalue weighted by atomic mass is 9.95. The van der Waals surface area contributed by atoms with Gasteiger partial charge in [-0.25, -0.2) is 0 Å². The van der Waals surface area contributed by atoms with Gasteiger partial charge in [0.15, 0.2) is 0 Å². The molecule has 0 saturated heterocycles. The number of benzene rings is 2. The van der Waals surface area contributed by atoms with Gasteiger partial charge in [-0.05, 0) is 37.1 Å². The predicted octanol–water partition coefficient (Wildman–Crippen LogP) is 4.03. The van der Waals surface area contributed by atoms with E-state index in [2.05, 4.69) is 5.32 Å². The molecule has 0 aromatic heterocycles. The number of amides is 2. The van der Waals surface area contributed by atoms with Crippen molar-refractivity contribution in [2.24, 2.45) is 0 Å². The van der Waals surface area contributed by atoms with Gasteiger partial charge in [0, 0.05) is 13.1 Å². The zero-order valence-electron chi connectivity index (χ0n) is 15.9. The summed E-state index contributed by atoms with van der Waals surface area (Å²) < 4.78 is 5.30. The highest BCUT2D eigenvalue weighted by molar-refractivity contribution is 6.11. The number of rotatable bonds is 5. The molecule has 0 atom stereocenters. The molecule has 1 aliphatic carbocycles. The Morgan fingerprint density at radius 3 is 2.30 bits per heavy atom. The van der Waals surface area contributed by atoms with Crippen molar-refractivity contribution in [1.82, 2.24) is 5.32 Å². The van der Waals surface area contributed by atoms with Crippen LogP contribution in [-0.4, -0.2) is 32.0 Å². The normalized spacial score (nSPS) is 14.4. The Labute approximate surface area is 160 Å². The molecular weight excluding hydrogens is 340 g/mol. The first-order valence-electron chi connectivity index (χ1n) is 9.42. The summed E-state index contributed by atoms with van der Waals surface area (Å²) in [7, 11) is 3.22. The zero-order chi connectivity index (χ0) is 19.2. The minimum atomic E-state index is -0.217. The fraction of sp³-hybridized carbons (Fsp3) is 0.364. The van der Waals surface area contributed by atoms with Crippen molar-refractivity contribution in [3.63, 3.8) is 0 Å². The average molecular weight is 366 g/mol. The molecule has 1 saturated carbocycles. The molecule has 5 heteroatoms. The minimum absolute atomic E-state index is 0.128. The second-order valence-electron chi connectivity index (χ2n) is 6.89. The number of hydrogen-bond donors (Lipinski definition) is 1. The van der Waals surface area contributed by atoms with Crippen molar-refractivity contribution >= 4 is 17.5 Å². The Morgan fingerprint density at radius 2 is 1.59 bits per heavy atom. The molecule has 1 aliphatic rings. The van der Waals surface area contributed by atoms with Gasteiger partial charge in [-0.15, -0.1) is 0 Å². The summed E-state index contributed by atoms with van der Waals surface area (Å²) in [6.07, 6.45) is 5.57. The molecular formula is C22H26N2O3. The summed E-state index contributed by atoms with van der Waals surface area (Å²) in [5, 5.41) is 3.13. The maximum Gasteiger partial charge on any atom is 0.261 e. The van der Waals surface area contributed by atoms with Gasteiger partial charge in [0.05, 0.1) is 23.9 Å². The third kappa shape index (κ3) is 4.30. The van der Waals surface area contributed by atoms with Crippen LogP contribution in [-0.2, 0) is 0 Å². The number of carbonyl (C=O) groups is 2. The fourth-order valence-electron chi connectivity index (χ4n) is 3.58. The van der Waals surface area contributed by atoms with Gasteiger partial charge in [-0.3, -0.25) is 9.59 Å². The second-order valence-corrected chi connectivity index (χ2v) is 6.89. The van der Waals surface area contributed by atoms with Crippen LogP contribution in [0.15, 0.2) is 48.5 Å². The topological polar surface area (TPSA) is 58.6 Å². The van der Waals surface area contributed by atoms with Gasteiger partial charge in [0.1, 0.15) is 5.75 Å². The van der Waals surface area contributed by atoms with E-state index in [9.17, 15) is 9.59 Å². The van der Waals surface area contributed by atoms with Crippen LogP contribution in [0.2, 0.25) is 0 Å². The van der Waals surface area contributed by atoms with E-state index in [1.807, 2.05) is 18.2 Å².